The summed E-state index contributed by atoms with van der Waals surface area (Å²) in [5.74, 6) is 1.76. The monoisotopic (exact) mass is 210 g/mol. The molecule has 0 radical (unpaired) electrons. The van der Waals surface area contributed by atoms with Crippen molar-refractivity contribution >= 4 is 0 Å². The Morgan fingerprint density at radius 1 is 1.20 bits per heavy atom. The second-order valence-electron chi connectivity index (χ2n) is 3.73. The summed E-state index contributed by atoms with van der Waals surface area (Å²) in [4.78, 5) is 0. The van der Waals surface area contributed by atoms with Crippen molar-refractivity contribution in [3.05, 3.63) is 23.3 Å². The van der Waals surface area contributed by atoms with E-state index in [4.69, 9.17) is 14.6 Å². The third kappa shape index (κ3) is 2.42. The summed E-state index contributed by atoms with van der Waals surface area (Å²) in [6.45, 7) is 4.18. The molecule has 0 aliphatic heterocycles. The number of aliphatic hydroxyl groups excluding tert-OH is 1. The minimum atomic E-state index is 0.0140. The van der Waals surface area contributed by atoms with E-state index >= 15 is 0 Å². The Morgan fingerprint density at radius 2 is 1.87 bits per heavy atom. The SMILES string of the molecule is COc1cc(CO)cc(C(C)C)c1OC. The van der Waals surface area contributed by atoms with Crippen LogP contribution in [0.2, 0.25) is 0 Å². The van der Waals surface area contributed by atoms with Gasteiger partial charge in [0.25, 0.3) is 0 Å². The maximum absolute atomic E-state index is 9.13. The molecule has 0 saturated heterocycles. The molecule has 15 heavy (non-hydrogen) atoms. The molecule has 1 aromatic carbocycles. The predicted octanol–water partition coefficient (Wildman–Crippen LogP) is 2.32. The highest BCUT2D eigenvalue weighted by Gasteiger charge is 2.14. The Kier molecular flexibility index (Phi) is 3.97. The zero-order chi connectivity index (χ0) is 11.4. The predicted molar refractivity (Wildman–Crippen MR) is 59.6 cm³/mol. The van der Waals surface area contributed by atoms with Crippen LogP contribution in [0.3, 0.4) is 0 Å². The van der Waals surface area contributed by atoms with Crippen molar-refractivity contribution in [2.75, 3.05) is 14.2 Å². The van der Waals surface area contributed by atoms with E-state index in [1.165, 1.54) is 0 Å². The highest BCUT2D eigenvalue weighted by molar-refractivity contribution is 5.50. The van der Waals surface area contributed by atoms with Crippen molar-refractivity contribution in [3.8, 4) is 11.5 Å². The van der Waals surface area contributed by atoms with Crippen molar-refractivity contribution in [1.82, 2.24) is 0 Å². The molecule has 0 amide bonds. The van der Waals surface area contributed by atoms with E-state index in [1.54, 1.807) is 20.3 Å². The largest absolute Gasteiger partial charge is 0.493 e. The lowest BCUT2D eigenvalue weighted by Crippen LogP contribution is -2.00. The topological polar surface area (TPSA) is 38.7 Å². The lowest BCUT2D eigenvalue weighted by molar-refractivity contribution is 0.279. The number of hydrogen-bond donors (Lipinski definition) is 1. The highest BCUT2D eigenvalue weighted by atomic mass is 16.5. The summed E-state index contributed by atoms with van der Waals surface area (Å²) in [7, 11) is 3.23. The molecule has 0 fully saturated rings. The van der Waals surface area contributed by atoms with E-state index in [0.29, 0.717) is 11.7 Å². The van der Waals surface area contributed by atoms with Crippen molar-refractivity contribution in [1.29, 1.82) is 0 Å². The average Bonchev–Trinajstić information content (AvgIpc) is 2.26. The Balaban J connectivity index is 3.32. The molecule has 84 valence electrons. The van der Waals surface area contributed by atoms with Crippen LogP contribution in [0.25, 0.3) is 0 Å². The summed E-state index contributed by atoms with van der Waals surface area (Å²) in [6, 6.07) is 3.75. The molecule has 1 N–H and O–H groups in total. The van der Waals surface area contributed by atoms with Crippen LogP contribution in [0.1, 0.15) is 30.9 Å². The Bertz CT molecular complexity index is 332. The molecule has 0 aromatic heterocycles. The molecule has 3 heteroatoms. The Morgan fingerprint density at radius 3 is 2.27 bits per heavy atom. The normalized spacial score (nSPS) is 10.5. The molecule has 0 aliphatic rings. The van der Waals surface area contributed by atoms with Gasteiger partial charge in [0.1, 0.15) is 0 Å². The zero-order valence-corrected chi connectivity index (χ0v) is 9.70. The average molecular weight is 210 g/mol. The van der Waals surface area contributed by atoms with Gasteiger partial charge in [0, 0.05) is 5.56 Å². The fraction of sp³-hybridized carbons (Fsp3) is 0.500. The van der Waals surface area contributed by atoms with E-state index < -0.39 is 0 Å². The third-order valence-corrected chi connectivity index (χ3v) is 2.37. The van der Waals surface area contributed by atoms with Crippen molar-refractivity contribution < 1.29 is 14.6 Å². The molecule has 0 spiro atoms. The highest BCUT2D eigenvalue weighted by Crippen LogP contribution is 2.36. The smallest absolute Gasteiger partial charge is 0.164 e. The summed E-state index contributed by atoms with van der Waals surface area (Å²) in [5.41, 5.74) is 1.90. The van der Waals surface area contributed by atoms with Crippen molar-refractivity contribution in [3.63, 3.8) is 0 Å². The summed E-state index contributed by atoms with van der Waals surface area (Å²) < 4.78 is 10.6. The Hall–Kier alpha value is -1.22. The molecular formula is C12H18O3. The van der Waals surface area contributed by atoms with Gasteiger partial charge in [-0.1, -0.05) is 13.8 Å². The van der Waals surface area contributed by atoms with E-state index in [9.17, 15) is 0 Å². The van der Waals surface area contributed by atoms with Crippen LogP contribution in [0.15, 0.2) is 12.1 Å². The van der Waals surface area contributed by atoms with Gasteiger partial charge in [-0.05, 0) is 23.6 Å². The molecule has 3 nitrogen and oxygen atoms in total. The van der Waals surface area contributed by atoms with E-state index in [1.807, 2.05) is 6.07 Å². The summed E-state index contributed by atoms with van der Waals surface area (Å²) in [6.07, 6.45) is 0. The van der Waals surface area contributed by atoms with Crippen LogP contribution in [0.5, 0.6) is 11.5 Å². The quantitative estimate of drug-likeness (QED) is 0.828. The first-order valence-electron chi connectivity index (χ1n) is 4.99. The maximum Gasteiger partial charge on any atom is 0.164 e. The van der Waals surface area contributed by atoms with Crippen molar-refractivity contribution in [2.24, 2.45) is 0 Å². The second-order valence-corrected chi connectivity index (χ2v) is 3.73. The van der Waals surface area contributed by atoms with Gasteiger partial charge < -0.3 is 14.6 Å². The summed E-state index contributed by atoms with van der Waals surface area (Å²) in [5, 5.41) is 9.13. The van der Waals surface area contributed by atoms with Crippen molar-refractivity contribution in [2.45, 2.75) is 26.4 Å². The van der Waals surface area contributed by atoms with Crippen LogP contribution >= 0.6 is 0 Å². The maximum atomic E-state index is 9.13. The van der Waals surface area contributed by atoms with Crippen LogP contribution in [-0.4, -0.2) is 19.3 Å². The molecule has 0 bridgehead atoms. The molecule has 0 saturated carbocycles. The molecule has 0 heterocycles. The molecule has 0 aliphatic carbocycles. The first kappa shape index (κ1) is 11.9. The fourth-order valence-electron chi connectivity index (χ4n) is 1.57. The number of aliphatic hydroxyl groups is 1. The van der Waals surface area contributed by atoms with Crippen LogP contribution in [-0.2, 0) is 6.61 Å². The van der Waals surface area contributed by atoms with Gasteiger partial charge in [-0.15, -0.1) is 0 Å². The minimum Gasteiger partial charge on any atom is -0.493 e. The first-order valence-corrected chi connectivity index (χ1v) is 4.99. The fourth-order valence-corrected chi connectivity index (χ4v) is 1.57. The second kappa shape index (κ2) is 5.03. The van der Waals surface area contributed by atoms with Gasteiger partial charge in [-0.3, -0.25) is 0 Å². The van der Waals surface area contributed by atoms with Crippen LogP contribution in [0.4, 0.5) is 0 Å². The number of methoxy groups -OCH3 is 2. The number of hydrogen-bond acceptors (Lipinski definition) is 3. The number of rotatable bonds is 4. The third-order valence-electron chi connectivity index (χ3n) is 2.37. The number of ether oxygens (including phenoxy) is 2. The lowest BCUT2D eigenvalue weighted by atomic mass is 9.99. The van der Waals surface area contributed by atoms with Gasteiger partial charge in [-0.2, -0.15) is 0 Å². The van der Waals surface area contributed by atoms with Gasteiger partial charge in [0.05, 0.1) is 20.8 Å². The molecule has 1 rings (SSSR count). The van der Waals surface area contributed by atoms with Gasteiger partial charge in [0.2, 0.25) is 0 Å². The molecule has 0 unspecified atom stereocenters. The zero-order valence-electron chi connectivity index (χ0n) is 9.70. The lowest BCUT2D eigenvalue weighted by Gasteiger charge is -2.16. The van der Waals surface area contributed by atoms with Crippen LogP contribution < -0.4 is 9.47 Å². The minimum absolute atomic E-state index is 0.0140. The Labute approximate surface area is 90.6 Å². The molecule has 0 atom stereocenters. The van der Waals surface area contributed by atoms with Gasteiger partial charge in [-0.25, -0.2) is 0 Å². The van der Waals surface area contributed by atoms with E-state index in [-0.39, 0.29) is 6.61 Å². The molecule has 1 aromatic rings. The summed E-state index contributed by atoms with van der Waals surface area (Å²) >= 11 is 0. The van der Waals surface area contributed by atoms with Crippen LogP contribution in [0, 0.1) is 0 Å². The molecular weight excluding hydrogens is 192 g/mol. The first-order chi connectivity index (χ1) is 7.13. The standard InChI is InChI=1S/C12H18O3/c1-8(2)10-5-9(7-13)6-11(14-3)12(10)15-4/h5-6,8,13H,7H2,1-4H3. The van der Waals surface area contributed by atoms with Gasteiger partial charge >= 0.3 is 0 Å². The van der Waals surface area contributed by atoms with E-state index in [0.717, 1.165) is 16.9 Å². The van der Waals surface area contributed by atoms with Gasteiger partial charge in [0.15, 0.2) is 11.5 Å². The van der Waals surface area contributed by atoms with E-state index in [2.05, 4.69) is 13.8 Å². The number of benzene rings is 1.